The Hall–Kier alpha value is -1.39. The van der Waals surface area contributed by atoms with Gasteiger partial charge in [0.05, 0.1) is 11.2 Å². The lowest BCUT2D eigenvalue weighted by atomic mass is 10.1. The topological polar surface area (TPSA) is 38.1 Å². The normalized spacial score (nSPS) is 11.9. The summed E-state index contributed by atoms with van der Waals surface area (Å²) in [4.78, 5) is 4.24. The number of aryl methyl sites for hydroxylation is 1. The lowest BCUT2D eigenvalue weighted by Gasteiger charge is -2.20. The van der Waals surface area contributed by atoms with Crippen LogP contribution >= 0.6 is 11.6 Å². The third-order valence-electron chi connectivity index (χ3n) is 2.97. The molecule has 3 nitrogen and oxygen atoms in total. The highest BCUT2D eigenvalue weighted by atomic mass is 35.5. The van der Waals surface area contributed by atoms with Gasteiger partial charge in [-0.15, -0.1) is 0 Å². The summed E-state index contributed by atoms with van der Waals surface area (Å²) in [6.45, 7) is 7.30. The summed E-state index contributed by atoms with van der Waals surface area (Å²) in [5, 5.41) is 3.74. The molecule has 0 saturated carbocycles. The van der Waals surface area contributed by atoms with Crippen LogP contribution in [-0.4, -0.2) is 17.1 Å². The zero-order valence-electron chi connectivity index (χ0n) is 12.5. The molecule has 1 heterocycles. The van der Waals surface area contributed by atoms with Gasteiger partial charge in [0.1, 0.15) is 5.82 Å². The first-order chi connectivity index (χ1) is 9.85. The van der Waals surface area contributed by atoms with Crippen molar-refractivity contribution in [3.05, 3.63) is 41.1 Å². The van der Waals surface area contributed by atoms with Gasteiger partial charge in [0.25, 0.3) is 0 Å². The third kappa shape index (κ3) is 4.83. The van der Waals surface area contributed by atoms with Crippen molar-refractivity contribution in [1.82, 2.24) is 10.3 Å². The predicted octanol–water partition coefficient (Wildman–Crippen LogP) is 4.45. The van der Waals surface area contributed by atoms with Gasteiger partial charge >= 0.3 is 0 Å². The molecule has 0 bridgehead atoms. The van der Waals surface area contributed by atoms with Crippen LogP contribution in [-0.2, 0) is 6.42 Å². The van der Waals surface area contributed by atoms with E-state index in [9.17, 15) is 4.39 Å². The van der Waals surface area contributed by atoms with Gasteiger partial charge in [-0.3, -0.25) is 0 Å². The Balaban J connectivity index is 1.95. The van der Waals surface area contributed by atoms with Crippen molar-refractivity contribution in [3.63, 3.8) is 0 Å². The minimum absolute atomic E-state index is 0.114. The van der Waals surface area contributed by atoms with Gasteiger partial charge in [-0.25, -0.2) is 9.37 Å². The van der Waals surface area contributed by atoms with Crippen LogP contribution in [0.25, 0.3) is 11.3 Å². The van der Waals surface area contributed by atoms with Crippen molar-refractivity contribution in [1.29, 1.82) is 0 Å². The number of oxazole rings is 1. The molecular formula is C16H20ClFN2O. The maximum Gasteiger partial charge on any atom is 0.194 e. The molecule has 5 heteroatoms. The molecule has 0 spiro atoms. The zero-order chi connectivity index (χ0) is 15.5. The monoisotopic (exact) mass is 310 g/mol. The van der Waals surface area contributed by atoms with Crippen LogP contribution < -0.4 is 5.32 Å². The Labute approximate surface area is 129 Å². The van der Waals surface area contributed by atoms with Crippen molar-refractivity contribution in [2.24, 2.45) is 0 Å². The van der Waals surface area contributed by atoms with Gasteiger partial charge in [-0.2, -0.15) is 0 Å². The van der Waals surface area contributed by atoms with E-state index in [4.69, 9.17) is 16.0 Å². The van der Waals surface area contributed by atoms with Crippen molar-refractivity contribution >= 4 is 11.6 Å². The first kappa shape index (κ1) is 16.0. The first-order valence-corrected chi connectivity index (χ1v) is 7.38. The first-order valence-electron chi connectivity index (χ1n) is 7.00. The zero-order valence-corrected chi connectivity index (χ0v) is 13.3. The molecule has 0 radical (unpaired) electrons. The fourth-order valence-electron chi connectivity index (χ4n) is 1.94. The van der Waals surface area contributed by atoms with E-state index in [2.05, 4.69) is 31.1 Å². The van der Waals surface area contributed by atoms with Crippen LogP contribution in [0, 0.1) is 5.82 Å². The molecule has 1 N–H and O–H groups in total. The molecule has 2 aromatic rings. The smallest absolute Gasteiger partial charge is 0.194 e. The molecule has 2 rings (SSSR count). The van der Waals surface area contributed by atoms with Crippen LogP contribution in [0.5, 0.6) is 0 Å². The molecule has 0 amide bonds. The molecule has 0 aliphatic rings. The van der Waals surface area contributed by atoms with Crippen molar-refractivity contribution in [2.75, 3.05) is 6.54 Å². The fourth-order valence-corrected chi connectivity index (χ4v) is 2.20. The standard InChI is InChI=1S/C16H20ClFN2O/c1-16(2,3)20-8-4-5-15-19-10-14(21-15)12-7-6-11(18)9-13(12)17/h6-7,9-10,20H,4-5,8H2,1-3H3. The van der Waals surface area contributed by atoms with Gasteiger partial charge in [-0.1, -0.05) is 11.6 Å². The number of aromatic nitrogens is 1. The average Bonchev–Trinajstić information content (AvgIpc) is 2.82. The maximum atomic E-state index is 13.0. The van der Waals surface area contributed by atoms with Gasteiger partial charge in [0, 0.05) is 17.5 Å². The molecule has 21 heavy (non-hydrogen) atoms. The minimum atomic E-state index is -0.364. The molecular weight excluding hydrogens is 291 g/mol. The molecule has 1 aromatic heterocycles. The summed E-state index contributed by atoms with van der Waals surface area (Å²) in [5.41, 5.74) is 0.772. The van der Waals surface area contributed by atoms with Gasteiger partial charge in [0.15, 0.2) is 11.7 Å². The molecule has 0 unspecified atom stereocenters. The molecule has 0 fully saturated rings. The van der Waals surface area contributed by atoms with Crippen molar-refractivity contribution < 1.29 is 8.81 Å². The van der Waals surface area contributed by atoms with Gasteiger partial charge in [-0.05, 0) is 51.9 Å². The Kier molecular flexibility index (Phi) is 5.01. The van der Waals surface area contributed by atoms with E-state index in [1.165, 1.54) is 12.1 Å². The highest BCUT2D eigenvalue weighted by molar-refractivity contribution is 6.33. The number of nitrogens with zero attached hydrogens (tertiary/aromatic N) is 1. The van der Waals surface area contributed by atoms with E-state index in [-0.39, 0.29) is 11.4 Å². The highest BCUT2D eigenvalue weighted by Crippen LogP contribution is 2.29. The van der Waals surface area contributed by atoms with Crippen molar-refractivity contribution in [3.8, 4) is 11.3 Å². The van der Waals surface area contributed by atoms with E-state index in [1.54, 1.807) is 12.3 Å². The lowest BCUT2D eigenvalue weighted by Crippen LogP contribution is -2.36. The molecule has 114 valence electrons. The molecule has 0 saturated heterocycles. The molecule has 0 aliphatic carbocycles. The van der Waals surface area contributed by atoms with Gasteiger partial charge in [0.2, 0.25) is 0 Å². The number of hydrogen-bond acceptors (Lipinski definition) is 3. The summed E-state index contributed by atoms with van der Waals surface area (Å²) < 4.78 is 18.7. The highest BCUT2D eigenvalue weighted by Gasteiger charge is 2.11. The second kappa shape index (κ2) is 6.58. The third-order valence-corrected chi connectivity index (χ3v) is 3.29. The minimum Gasteiger partial charge on any atom is -0.441 e. The predicted molar refractivity (Wildman–Crippen MR) is 83.0 cm³/mol. The Morgan fingerprint density at radius 1 is 1.33 bits per heavy atom. The number of nitrogens with one attached hydrogen (secondary N) is 1. The van der Waals surface area contributed by atoms with E-state index in [1.807, 2.05) is 0 Å². The largest absolute Gasteiger partial charge is 0.441 e. The Morgan fingerprint density at radius 3 is 2.76 bits per heavy atom. The van der Waals surface area contributed by atoms with Crippen LogP contribution in [0.3, 0.4) is 0 Å². The molecule has 0 aliphatic heterocycles. The Morgan fingerprint density at radius 2 is 2.10 bits per heavy atom. The van der Waals surface area contributed by atoms with E-state index < -0.39 is 0 Å². The summed E-state index contributed by atoms with van der Waals surface area (Å²) in [5.74, 6) is 0.872. The fraction of sp³-hybridized carbons (Fsp3) is 0.438. The van der Waals surface area contributed by atoms with Gasteiger partial charge < -0.3 is 9.73 Å². The average molecular weight is 311 g/mol. The number of hydrogen-bond donors (Lipinski definition) is 1. The number of rotatable bonds is 5. The van der Waals surface area contributed by atoms with E-state index in [0.717, 1.165) is 19.4 Å². The van der Waals surface area contributed by atoms with Crippen LogP contribution in [0.15, 0.2) is 28.8 Å². The summed E-state index contributed by atoms with van der Waals surface area (Å²) in [6, 6.07) is 4.23. The second-order valence-corrected chi connectivity index (χ2v) is 6.43. The van der Waals surface area contributed by atoms with E-state index >= 15 is 0 Å². The summed E-state index contributed by atoms with van der Waals surface area (Å²) in [6.07, 6.45) is 3.32. The van der Waals surface area contributed by atoms with Crippen LogP contribution in [0.2, 0.25) is 5.02 Å². The quantitative estimate of drug-likeness (QED) is 0.829. The SMILES string of the molecule is CC(C)(C)NCCCc1ncc(-c2ccc(F)cc2Cl)o1. The Bertz CT molecular complexity index is 605. The van der Waals surface area contributed by atoms with Crippen LogP contribution in [0.4, 0.5) is 4.39 Å². The summed E-state index contributed by atoms with van der Waals surface area (Å²) >= 11 is 6.01. The van der Waals surface area contributed by atoms with Crippen molar-refractivity contribution in [2.45, 2.75) is 39.2 Å². The summed E-state index contributed by atoms with van der Waals surface area (Å²) in [7, 11) is 0. The second-order valence-electron chi connectivity index (χ2n) is 6.02. The van der Waals surface area contributed by atoms with E-state index in [0.29, 0.717) is 22.2 Å². The maximum absolute atomic E-state index is 13.0. The van der Waals surface area contributed by atoms with Crippen LogP contribution in [0.1, 0.15) is 33.1 Å². The number of benzene rings is 1. The molecule has 1 aromatic carbocycles. The number of halogens is 2. The lowest BCUT2D eigenvalue weighted by molar-refractivity contribution is 0.412. The molecule has 0 atom stereocenters.